The van der Waals surface area contributed by atoms with Gasteiger partial charge in [0.15, 0.2) is 5.82 Å². The van der Waals surface area contributed by atoms with Crippen molar-refractivity contribution in [2.24, 2.45) is 0 Å². The smallest absolute Gasteiger partial charge is 0.247 e. The largest absolute Gasteiger partial charge is 0.378 e. The molecule has 132 valence electrons. The average Bonchev–Trinajstić information content (AvgIpc) is 2.69. The first kappa shape index (κ1) is 16.1. The number of hydrogen-bond acceptors (Lipinski definition) is 7. The van der Waals surface area contributed by atoms with Gasteiger partial charge in [0.2, 0.25) is 5.95 Å². The first-order valence-electron chi connectivity index (χ1n) is 8.88. The second-order valence-corrected chi connectivity index (χ2v) is 6.53. The zero-order valence-corrected chi connectivity index (χ0v) is 14.6. The highest BCUT2D eigenvalue weighted by atomic mass is 16.5. The van der Waals surface area contributed by atoms with Crippen molar-refractivity contribution in [2.75, 3.05) is 67.2 Å². The van der Waals surface area contributed by atoms with Gasteiger partial charge >= 0.3 is 0 Å². The van der Waals surface area contributed by atoms with E-state index in [-0.39, 0.29) is 0 Å². The fourth-order valence-corrected chi connectivity index (χ4v) is 3.35. The number of aromatic nitrogens is 3. The third-order valence-corrected chi connectivity index (χ3v) is 4.80. The quantitative estimate of drug-likeness (QED) is 0.836. The van der Waals surface area contributed by atoms with Gasteiger partial charge in [0.1, 0.15) is 0 Å². The molecule has 2 fully saturated rings. The Balaban J connectivity index is 1.42. The number of morpholine rings is 1. The summed E-state index contributed by atoms with van der Waals surface area (Å²) in [6.45, 7) is 9.09. The molecule has 4 rings (SSSR count). The molecular formula is C18H24N6O. The van der Waals surface area contributed by atoms with Crippen LogP contribution in [0.5, 0.6) is 0 Å². The average molecular weight is 340 g/mol. The molecule has 1 aromatic carbocycles. The van der Waals surface area contributed by atoms with Gasteiger partial charge in [-0.05, 0) is 24.6 Å². The summed E-state index contributed by atoms with van der Waals surface area (Å²) in [4.78, 5) is 11.6. The molecule has 3 heterocycles. The Bertz CT molecular complexity index is 710. The van der Waals surface area contributed by atoms with Crippen LogP contribution in [0.4, 0.5) is 17.5 Å². The normalized spacial score (nSPS) is 18.5. The number of benzene rings is 1. The van der Waals surface area contributed by atoms with E-state index in [4.69, 9.17) is 9.72 Å². The molecule has 25 heavy (non-hydrogen) atoms. The van der Waals surface area contributed by atoms with Gasteiger partial charge < -0.3 is 19.4 Å². The van der Waals surface area contributed by atoms with Crippen LogP contribution in [0.3, 0.4) is 0 Å². The number of piperazine rings is 1. The van der Waals surface area contributed by atoms with Gasteiger partial charge in [-0.25, -0.2) is 0 Å². The first-order chi connectivity index (χ1) is 12.3. The Morgan fingerprint density at radius 2 is 1.68 bits per heavy atom. The summed E-state index contributed by atoms with van der Waals surface area (Å²) in [6.07, 6.45) is 1.75. The SMILES string of the molecule is Cc1cccc(N2CCN(c3nncc(N4CCOCC4)n3)CC2)c1. The van der Waals surface area contributed by atoms with E-state index in [9.17, 15) is 0 Å². The molecule has 1 aromatic heterocycles. The summed E-state index contributed by atoms with van der Waals surface area (Å²) in [7, 11) is 0. The summed E-state index contributed by atoms with van der Waals surface area (Å²) in [6, 6.07) is 8.68. The highest BCUT2D eigenvalue weighted by Gasteiger charge is 2.21. The minimum atomic E-state index is 0.730. The van der Waals surface area contributed by atoms with E-state index in [0.29, 0.717) is 0 Å². The second-order valence-electron chi connectivity index (χ2n) is 6.53. The molecule has 0 radical (unpaired) electrons. The van der Waals surface area contributed by atoms with Gasteiger partial charge in [0, 0.05) is 45.0 Å². The molecule has 0 atom stereocenters. The maximum Gasteiger partial charge on any atom is 0.247 e. The van der Waals surface area contributed by atoms with Crippen molar-refractivity contribution in [3.05, 3.63) is 36.0 Å². The molecule has 2 aliphatic heterocycles. The van der Waals surface area contributed by atoms with Gasteiger partial charge in [-0.3, -0.25) is 0 Å². The van der Waals surface area contributed by atoms with E-state index in [0.717, 1.165) is 64.2 Å². The van der Waals surface area contributed by atoms with Gasteiger partial charge in [0.05, 0.1) is 19.4 Å². The summed E-state index contributed by atoms with van der Waals surface area (Å²) in [5.41, 5.74) is 2.59. The van der Waals surface area contributed by atoms with Gasteiger partial charge in [-0.1, -0.05) is 12.1 Å². The van der Waals surface area contributed by atoms with Crippen molar-refractivity contribution in [1.82, 2.24) is 15.2 Å². The van der Waals surface area contributed by atoms with Crippen LogP contribution in [0.2, 0.25) is 0 Å². The Kier molecular flexibility index (Phi) is 4.65. The predicted molar refractivity (Wildman–Crippen MR) is 98.5 cm³/mol. The number of aryl methyl sites for hydroxylation is 1. The number of nitrogens with zero attached hydrogens (tertiary/aromatic N) is 6. The predicted octanol–water partition coefficient (Wildman–Crippen LogP) is 1.34. The topological polar surface area (TPSA) is 57.6 Å². The van der Waals surface area contributed by atoms with E-state index in [1.807, 2.05) is 0 Å². The summed E-state index contributed by atoms with van der Waals surface area (Å²) >= 11 is 0. The molecule has 0 unspecified atom stereocenters. The Morgan fingerprint density at radius 3 is 2.44 bits per heavy atom. The third kappa shape index (κ3) is 3.66. The highest BCUT2D eigenvalue weighted by Crippen LogP contribution is 2.20. The summed E-state index contributed by atoms with van der Waals surface area (Å²) in [5.74, 6) is 1.63. The summed E-state index contributed by atoms with van der Waals surface area (Å²) < 4.78 is 5.41. The van der Waals surface area contributed by atoms with Crippen molar-refractivity contribution in [1.29, 1.82) is 0 Å². The first-order valence-corrected chi connectivity index (χ1v) is 8.88. The van der Waals surface area contributed by atoms with Gasteiger partial charge in [0.25, 0.3) is 0 Å². The number of ether oxygens (including phenoxy) is 1. The Labute approximate surface area is 148 Å². The maximum atomic E-state index is 5.41. The maximum absolute atomic E-state index is 5.41. The lowest BCUT2D eigenvalue weighted by Crippen LogP contribution is -2.47. The Hall–Kier alpha value is -2.41. The zero-order valence-electron chi connectivity index (χ0n) is 14.6. The molecule has 2 aromatic rings. The molecule has 0 bridgehead atoms. The van der Waals surface area contributed by atoms with Crippen molar-refractivity contribution >= 4 is 17.5 Å². The Morgan fingerprint density at radius 1 is 0.920 bits per heavy atom. The number of rotatable bonds is 3. The van der Waals surface area contributed by atoms with Crippen LogP contribution >= 0.6 is 0 Å². The highest BCUT2D eigenvalue weighted by molar-refractivity contribution is 5.50. The molecule has 0 saturated carbocycles. The lowest BCUT2D eigenvalue weighted by atomic mass is 10.2. The van der Waals surface area contributed by atoms with Gasteiger partial charge in [-0.15, -0.1) is 5.10 Å². The molecule has 0 amide bonds. The van der Waals surface area contributed by atoms with Crippen molar-refractivity contribution in [3.8, 4) is 0 Å². The lowest BCUT2D eigenvalue weighted by Gasteiger charge is -2.36. The van der Waals surface area contributed by atoms with E-state index in [2.05, 4.69) is 56.1 Å². The molecule has 0 N–H and O–H groups in total. The molecule has 7 nitrogen and oxygen atoms in total. The number of anilines is 3. The lowest BCUT2D eigenvalue weighted by molar-refractivity contribution is 0.122. The number of hydrogen-bond donors (Lipinski definition) is 0. The zero-order chi connectivity index (χ0) is 17.1. The van der Waals surface area contributed by atoms with E-state index in [1.54, 1.807) is 6.20 Å². The molecule has 0 aliphatic carbocycles. The van der Waals surface area contributed by atoms with E-state index < -0.39 is 0 Å². The van der Waals surface area contributed by atoms with Crippen LogP contribution in [-0.4, -0.2) is 67.7 Å². The summed E-state index contributed by atoms with van der Waals surface area (Å²) in [5, 5.41) is 8.43. The molecule has 2 saturated heterocycles. The van der Waals surface area contributed by atoms with Gasteiger partial charge in [-0.2, -0.15) is 10.1 Å². The van der Waals surface area contributed by atoms with E-state index >= 15 is 0 Å². The minimum absolute atomic E-state index is 0.730. The van der Waals surface area contributed by atoms with Crippen molar-refractivity contribution < 1.29 is 4.74 Å². The van der Waals surface area contributed by atoms with Crippen LogP contribution in [0, 0.1) is 6.92 Å². The molecule has 7 heteroatoms. The van der Waals surface area contributed by atoms with Crippen LogP contribution in [-0.2, 0) is 4.74 Å². The van der Waals surface area contributed by atoms with Crippen LogP contribution in [0.15, 0.2) is 30.5 Å². The van der Waals surface area contributed by atoms with E-state index in [1.165, 1.54) is 11.3 Å². The minimum Gasteiger partial charge on any atom is -0.378 e. The van der Waals surface area contributed by atoms with Crippen molar-refractivity contribution in [2.45, 2.75) is 6.92 Å². The van der Waals surface area contributed by atoms with Crippen LogP contribution in [0.1, 0.15) is 5.56 Å². The fourth-order valence-electron chi connectivity index (χ4n) is 3.35. The van der Waals surface area contributed by atoms with Crippen molar-refractivity contribution in [3.63, 3.8) is 0 Å². The molecular weight excluding hydrogens is 316 g/mol. The van der Waals surface area contributed by atoms with Crippen LogP contribution < -0.4 is 14.7 Å². The standard InChI is InChI=1S/C18H24N6O/c1-15-3-2-4-16(13-15)22-5-7-24(8-6-22)18-20-17(14-19-21-18)23-9-11-25-12-10-23/h2-4,13-14H,5-12H2,1H3. The van der Waals surface area contributed by atoms with Crippen LogP contribution in [0.25, 0.3) is 0 Å². The third-order valence-electron chi connectivity index (χ3n) is 4.80. The molecule has 2 aliphatic rings. The second kappa shape index (κ2) is 7.23. The fraction of sp³-hybridized carbons (Fsp3) is 0.500. The monoisotopic (exact) mass is 340 g/mol. The molecule has 0 spiro atoms.